The molecule has 1 aromatic heterocycles. The first kappa shape index (κ1) is 25.3. The number of pyridine rings is 1. The predicted octanol–water partition coefficient (Wildman–Crippen LogP) is 2.19. The minimum Gasteiger partial charge on any atom is -0.379 e. The lowest BCUT2D eigenvalue weighted by Crippen LogP contribution is -2.48. The van der Waals surface area contributed by atoms with Crippen molar-refractivity contribution in [1.29, 1.82) is 0 Å². The summed E-state index contributed by atoms with van der Waals surface area (Å²) >= 11 is 0. The van der Waals surface area contributed by atoms with Gasteiger partial charge in [0.25, 0.3) is 0 Å². The normalized spacial score (nSPS) is 20.4. The smallest absolute Gasteiger partial charge is 0.191 e. The molecule has 2 saturated heterocycles. The summed E-state index contributed by atoms with van der Waals surface area (Å²) in [6.07, 6.45) is 4.16. The molecule has 0 saturated carbocycles. The molecule has 8 heteroatoms. The van der Waals surface area contributed by atoms with E-state index in [1.54, 1.807) is 0 Å². The van der Waals surface area contributed by atoms with E-state index >= 15 is 0 Å². The number of hydrogen-bond acceptors (Lipinski definition) is 5. The van der Waals surface area contributed by atoms with Gasteiger partial charge < -0.3 is 15.4 Å². The maximum absolute atomic E-state index is 5.44. The summed E-state index contributed by atoms with van der Waals surface area (Å²) < 4.78 is 5.44. The molecular weight excluding hydrogens is 491 g/mol. The first-order chi connectivity index (χ1) is 14.2. The Bertz CT molecular complexity index is 603. The van der Waals surface area contributed by atoms with E-state index in [-0.39, 0.29) is 24.0 Å². The number of nitrogens with zero attached hydrogens (tertiary/aromatic N) is 4. The minimum atomic E-state index is 0. The highest BCUT2D eigenvalue weighted by molar-refractivity contribution is 14.0. The van der Waals surface area contributed by atoms with Gasteiger partial charge in [0.1, 0.15) is 0 Å². The van der Waals surface area contributed by atoms with Gasteiger partial charge in [-0.05, 0) is 37.8 Å². The number of ether oxygens (including phenoxy) is 1. The molecule has 0 spiro atoms. The van der Waals surface area contributed by atoms with E-state index in [0.29, 0.717) is 12.0 Å². The molecule has 30 heavy (non-hydrogen) atoms. The molecular formula is C22H39IN6O. The first-order valence-corrected chi connectivity index (χ1v) is 11.2. The number of aromatic nitrogens is 1. The number of likely N-dealkylation sites (tertiary alicyclic amines) is 1. The number of hydrogen-bond donors (Lipinski definition) is 2. The molecule has 3 heterocycles. The van der Waals surface area contributed by atoms with Gasteiger partial charge in [-0.25, -0.2) is 0 Å². The van der Waals surface area contributed by atoms with E-state index in [2.05, 4.69) is 51.4 Å². The number of guanidine groups is 1. The lowest BCUT2D eigenvalue weighted by Gasteiger charge is -2.33. The topological polar surface area (TPSA) is 65.0 Å². The van der Waals surface area contributed by atoms with Crippen molar-refractivity contribution in [3.05, 3.63) is 30.1 Å². The molecule has 1 atom stereocenters. The number of nitrogens with one attached hydrogen (secondary N) is 2. The van der Waals surface area contributed by atoms with Crippen LogP contribution >= 0.6 is 24.0 Å². The molecule has 2 aliphatic heterocycles. The molecule has 0 aromatic carbocycles. The fourth-order valence-electron chi connectivity index (χ4n) is 4.00. The van der Waals surface area contributed by atoms with E-state index in [1.807, 2.05) is 12.3 Å². The summed E-state index contributed by atoms with van der Waals surface area (Å²) in [5, 5.41) is 7.08. The monoisotopic (exact) mass is 530 g/mol. The van der Waals surface area contributed by atoms with Crippen molar-refractivity contribution in [2.24, 2.45) is 10.9 Å². The standard InChI is InChI=1S/C22H38N6O.HI/c1-3-23-22(25-16-19(2)17-28-12-14-29-15-13-28)26-20-7-10-27(11-8-20)18-21-6-4-5-9-24-21;/h4-6,9,19-20H,3,7-8,10-18H2,1-2H3,(H2,23,25,26);1H. The van der Waals surface area contributed by atoms with Crippen LogP contribution in [-0.4, -0.2) is 85.8 Å². The van der Waals surface area contributed by atoms with Crippen LogP contribution < -0.4 is 10.6 Å². The van der Waals surface area contributed by atoms with Gasteiger partial charge in [-0.15, -0.1) is 24.0 Å². The molecule has 0 radical (unpaired) electrons. The molecule has 0 bridgehead atoms. The molecule has 2 fully saturated rings. The average Bonchev–Trinajstić information content (AvgIpc) is 2.75. The fourth-order valence-corrected chi connectivity index (χ4v) is 4.00. The molecule has 3 rings (SSSR count). The Morgan fingerprint density at radius 1 is 1.20 bits per heavy atom. The second kappa shape index (κ2) is 14.2. The second-order valence-electron chi connectivity index (χ2n) is 8.25. The number of halogens is 1. The summed E-state index contributed by atoms with van der Waals surface area (Å²) in [4.78, 5) is 14.3. The third kappa shape index (κ3) is 9.03. The van der Waals surface area contributed by atoms with Crippen LogP contribution in [0, 0.1) is 5.92 Å². The zero-order chi connectivity index (χ0) is 20.3. The van der Waals surface area contributed by atoms with Gasteiger partial charge >= 0.3 is 0 Å². The lowest BCUT2D eigenvalue weighted by molar-refractivity contribution is 0.0323. The van der Waals surface area contributed by atoms with Gasteiger partial charge in [0.2, 0.25) is 0 Å². The highest BCUT2D eigenvalue weighted by Crippen LogP contribution is 2.13. The van der Waals surface area contributed by atoms with Crippen molar-refractivity contribution in [3.63, 3.8) is 0 Å². The number of aliphatic imine (C=N–C) groups is 1. The minimum absolute atomic E-state index is 0. The number of rotatable bonds is 8. The Kier molecular flexibility index (Phi) is 11.9. The highest BCUT2D eigenvalue weighted by atomic mass is 127. The molecule has 7 nitrogen and oxygen atoms in total. The van der Waals surface area contributed by atoms with Crippen LogP contribution in [-0.2, 0) is 11.3 Å². The summed E-state index contributed by atoms with van der Waals surface area (Å²) in [5.74, 6) is 1.51. The Balaban J connectivity index is 0.00000320. The van der Waals surface area contributed by atoms with E-state index in [1.165, 1.54) is 0 Å². The Hall–Kier alpha value is -0.970. The van der Waals surface area contributed by atoms with Crippen molar-refractivity contribution in [2.75, 3.05) is 59.0 Å². The highest BCUT2D eigenvalue weighted by Gasteiger charge is 2.20. The largest absolute Gasteiger partial charge is 0.379 e. The summed E-state index contributed by atoms with van der Waals surface area (Å²) in [7, 11) is 0. The van der Waals surface area contributed by atoms with Crippen LogP contribution in [0.15, 0.2) is 29.4 Å². The van der Waals surface area contributed by atoms with Gasteiger partial charge in [-0.1, -0.05) is 13.0 Å². The van der Waals surface area contributed by atoms with Gasteiger partial charge in [-0.3, -0.25) is 19.8 Å². The summed E-state index contributed by atoms with van der Waals surface area (Å²) in [6, 6.07) is 6.64. The summed E-state index contributed by atoms with van der Waals surface area (Å²) in [6.45, 7) is 14.2. The Morgan fingerprint density at radius 2 is 1.97 bits per heavy atom. The second-order valence-corrected chi connectivity index (χ2v) is 8.25. The van der Waals surface area contributed by atoms with Crippen molar-refractivity contribution in [2.45, 2.75) is 39.3 Å². The quantitative estimate of drug-likeness (QED) is 0.305. The van der Waals surface area contributed by atoms with Gasteiger partial charge in [-0.2, -0.15) is 0 Å². The molecule has 1 aromatic rings. The van der Waals surface area contributed by atoms with Crippen LogP contribution in [0.25, 0.3) is 0 Å². The maximum Gasteiger partial charge on any atom is 0.191 e. The van der Waals surface area contributed by atoms with Gasteiger partial charge in [0, 0.05) is 64.6 Å². The molecule has 170 valence electrons. The van der Waals surface area contributed by atoms with E-state index in [9.17, 15) is 0 Å². The fraction of sp³-hybridized carbons (Fsp3) is 0.727. The van der Waals surface area contributed by atoms with Crippen molar-refractivity contribution in [3.8, 4) is 0 Å². The first-order valence-electron chi connectivity index (χ1n) is 11.2. The predicted molar refractivity (Wildman–Crippen MR) is 133 cm³/mol. The Labute approximate surface area is 199 Å². The molecule has 0 amide bonds. The van der Waals surface area contributed by atoms with E-state index in [0.717, 1.165) is 90.1 Å². The lowest BCUT2D eigenvalue weighted by atomic mass is 10.0. The van der Waals surface area contributed by atoms with Gasteiger partial charge in [0.15, 0.2) is 5.96 Å². The van der Waals surface area contributed by atoms with Crippen LogP contribution in [0.3, 0.4) is 0 Å². The molecule has 2 N–H and O–H groups in total. The third-order valence-electron chi connectivity index (χ3n) is 5.62. The van der Waals surface area contributed by atoms with Crippen molar-refractivity contribution < 1.29 is 4.74 Å². The third-order valence-corrected chi connectivity index (χ3v) is 5.62. The Morgan fingerprint density at radius 3 is 2.63 bits per heavy atom. The van der Waals surface area contributed by atoms with Crippen LogP contribution in [0.1, 0.15) is 32.4 Å². The van der Waals surface area contributed by atoms with E-state index in [4.69, 9.17) is 9.73 Å². The van der Waals surface area contributed by atoms with Crippen molar-refractivity contribution >= 4 is 29.9 Å². The van der Waals surface area contributed by atoms with Gasteiger partial charge in [0.05, 0.1) is 18.9 Å². The van der Waals surface area contributed by atoms with E-state index < -0.39 is 0 Å². The van der Waals surface area contributed by atoms with Crippen LogP contribution in [0.5, 0.6) is 0 Å². The van der Waals surface area contributed by atoms with Crippen LogP contribution in [0.4, 0.5) is 0 Å². The van der Waals surface area contributed by atoms with Crippen LogP contribution in [0.2, 0.25) is 0 Å². The SMILES string of the molecule is CCNC(=NCC(C)CN1CCOCC1)NC1CCN(Cc2ccccn2)CC1.I. The molecule has 0 aliphatic carbocycles. The zero-order valence-corrected chi connectivity index (χ0v) is 20.9. The maximum atomic E-state index is 5.44. The number of piperidine rings is 1. The number of morpholine rings is 1. The van der Waals surface area contributed by atoms with Crippen molar-refractivity contribution in [1.82, 2.24) is 25.4 Å². The summed E-state index contributed by atoms with van der Waals surface area (Å²) in [5.41, 5.74) is 1.16. The molecule has 1 unspecified atom stereocenters. The zero-order valence-electron chi connectivity index (χ0n) is 18.6. The average molecular weight is 530 g/mol. The molecule has 2 aliphatic rings.